The van der Waals surface area contributed by atoms with Gasteiger partial charge < -0.3 is 10.1 Å². The summed E-state index contributed by atoms with van der Waals surface area (Å²) in [4.78, 5) is 12.9. The van der Waals surface area contributed by atoms with E-state index in [4.69, 9.17) is 4.74 Å². The van der Waals surface area contributed by atoms with Crippen LogP contribution in [0.15, 0.2) is 48.5 Å². The van der Waals surface area contributed by atoms with Gasteiger partial charge in [-0.25, -0.2) is 4.39 Å². The monoisotopic (exact) mass is 313 g/mol. The highest BCUT2D eigenvalue weighted by atomic mass is 19.1. The molecule has 0 heterocycles. The molecule has 2 aromatic rings. The van der Waals surface area contributed by atoms with Crippen LogP contribution in [0.5, 0.6) is 0 Å². The quantitative estimate of drug-likeness (QED) is 0.905. The summed E-state index contributed by atoms with van der Waals surface area (Å²) < 4.78 is 18.3. The number of hydrogen-bond donors (Lipinski definition) is 1. The number of hydrogen-bond acceptors (Lipinski definition) is 2. The first-order valence-corrected chi connectivity index (χ1v) is 7.80. The van der Waals surface area contributed by atoms with Crippen molar-refractivity contribution < 1.29 is 13.9 Å². The first-order chi connectivity index (χ1) is 11.2. The summed E-state index contributed by atoms with van der Waals surface area (Å²) >= 11 is 0. The van der Waals surface area contributed by atoms with Crippen LogP contribution in [0.1, 0.15) is 30.4 Å². The molecule has 1 N–H and O–H groups in total. The lowest BCUT2D eigenvalue weighted by Gasteiger charge is -2.40. The third-order valence-corrected chi connectivity index (χ3v) is 4.60. The predicted octanol–water partition coefficient (Wildman–Crippen LogP) is 4.03. The van der Waals surface area contributed by atoms with Gasteiger partial charge in [-0.2, -0.15) is 0 Å². The van der Waals surface area contributed by atoms with Gasteiger partial charge in [0.15, 0.2) is 0 Å². The predicted molar refractivity (Wildman–Crippen MR) is 87.7 cm³/mol. The van der Waals surface area contributed by atoms with E-state index >= 15 is 0 Å². The number of nitrogens with one attached hydrogen (secondary N) is 1. The second-order valence-electron chi connectivity index (χ2n) is 5.99. The number of rotatable bonds is 5. The lowest BCUT2D eigenvalue weighted by molar-refractivity contribution is -0.124. The van der Waals surface area contributed by atoms with E-state index in [0.29, 0.717) is 6.61 Å². The smallest absolute Gasteiger partial charge is 0.235 e. The number of para-hydroxylation sites is 1. The number of ether oxygens (including phenoxy) is 1. The van der Waals surface area contributed by atoms with Crippen molar-refractivity contribution >= 4 is 11.6 Å². The highest BCUT2D eigenvalue weighted by molar-refractivity contribution is 6.00. The Morgan fingerprint density at radius 3 is 2.48 bits per heavy atom. The van der Waals surface area contributed by atoms with Crippen molar-refractivity contribution in [2.24, 2.45) is 0 Å². The Balaban J connectivity index is 1.85. The summed E-state index contributed by atoms with van der Waals surface area (Å²) in [5.74, 6) is -0.312. The minimum atomic E-state index is -0.548. The fourth-order valence-corrected chi connectivity index (χ4v) is 3.11. The summed E-state index contributed by atoms with van der Waals surface area (Å²) in [5, 5.41) is 3.04. The van der Waals surface area contributed by atoms with Gasteiger partial charge >= 0.3 is 0 Å². The zero-order valence-corrected chi connectivity index (χ0v) is 13.1. The van der Waals surface area contributed by atoms with E-state index in [2.05, 4.69) is 5.32 Å². The molecule has 4 heteroatoms. The number of halogens is 1. The molecule has 1 saturated carbocycles. The van der Waals surface area contributed by atoms with Gasteiger partial charge in [-0.05, 0) is 36.6 Å². The van der Waals surface area contributed by atoms with Crippen molar-refractivity contribution in [3.8, 4) is 0 Å². The first kappa shape index (κ1) is 15.7. The summed E-state index contributed by atoms with van der Waals surface area (Å²) in [6.07, 6.45) is 2.58. The van der Waals surface area contributed by atoms with Crippen LogP contribution in [-0.4, -0.2) is 13.0 Å². The third-order valence-electron chi connectivity index (χ3n) is 4.60. The summed E-state index contributed by atoms with van der Waals surface area (Å²) in [6.45, 7) is 0.444. The Hall–Kier alpha value is -2.20. The first-order valence-electron chi connectivity index (χ1n) is 7.80. The van der Waals surface area contributed by atoms with E-state index in [1.807, 2.05) is 24.3 Å². The van der Waals surface area contributed by atoms with Crippen LogP contribution in [0.4, 0.5) is 10.1 Å². The van der Waals surface area contributed by atoms with Crippen molar-refractivity contribution in [2.75, 3.05) is 12.4 Å². The highest BCUT2D eigenvalue weighted by Gasteiger charge is 2.45. The number of carbonyl (C=O) groups excluding carboxylic acids is 1. The van der Waals surface area contributed by atoms with Crippen LogP contribution in [0, 0.1) is 5.82 Å². The maximum absolute atomic E-state index is 13.2. The molecule has 1 amide bonds. The zero-order chi connectivity index (χ0) is 16.3. The fraction of sp³-hybridized carbons (Fsp3) is 0.316. The zero-order valence-electron chi connectivity index (χ0n) is 13.1. The molecule has 0 saturated heterocycles. The largest absolute Gasteiger partial charge is 0.380 e. The molecule has 0 atom stereocenters. The molecule has 0 aromatic heterocycles. The Morgan fingerprint density at radius 1 is 1.17 bits per heavy atom. The van der Waals surface area contributed by atoms with Gasteiger partial charge in [0.1, 0.15) is 5.82 Å². The lowest BCUT2D eigenvalue weighted by Crippen LogP contribution is -2.46. The van der Waals surface area contributed by atoms with Crippen LogP contribution in [-0.2, 0) is 21.6 Å². The van der Waals surface area contributed by atoms with E-state index in [1.165, 1.54) is 12.1 Å². The molecular weight excluding hydrogens is 293 g/mol. The van der Waals surface area contributed by atoms with Gasteiger partial charge in [0.25, 0.3) is 0 Å². The molecule has 1 aliphatic carbocycles. The molecule has 0 aliphatic heterocycles. The van der Waals surface area contributed by atoms with Crippen molar-refractivity contribution in [1.82, 2.24) is 0 Å². The van der Waals surface area contributed by atoms with Gasteiger partial charge in [-0.15, -0.1) is 0 Å². The molecular formula is C19H20FNO2. The van der Waals surface area contributed by atoms with E-state index in [0.717, 1.165) is 36.1 Å². The average Bonchev–Trinajstić information content (AvgIpc) is 2.50. The van der Waals surface area contributed by atoms with Crippen molar-refractivity contribution in [3.05, 3.63) is 65.5 Å². The summed E-state index contributed by atoms with van der Waals surface area (Å²) in [6, 6.07) is 13.9. The van der Waals surface area contributed by atoms with Crippen molar-refractivity contribution in [2.45, 2.75) is 31.3 Å². The van der Waals surface area contributed by atoms with Crippen LogP contribution in [0.2, 0.25) is 0 Å². The molecule has 0 bridgehead atoms. The number of carbonyl (C=O) groups is 1. The van der Waals surface area contributed by atoms with Gasteiger partial charge in [0, 0.05) is 18.4 Å². The Labute approximate surface area is 135 Å². The summed E-state index contributed by atoms with van der Waals surface area (Å²) in [7, 11) is 1.63. The standard InChI is InChI=1S/C19H20FNO2/c1-23-13-14-5-2-3-6-17(14)21-18(22)19(11-4-12-19)15-7-9-16(20)10-8-15/h2-3,5-10H,4,11-13H2,1H3,(H,21,22). The normalized spacial score (nSPS) is 15.7. The SMILES string of the molecule is COCc1ccccc1NC(=O)C1(c2ccc(F)cc2)CCC1. The number of anilines is 1. The third kappa shape index (κ3) is 2.99. The van der Waals surface area contributed by atoms with Gasteiger partial charge in [-0.3, -0.25) is 4.79 Å². The molecule has 1 aliphatic rings. The Morgan fingerprint density at radius 2 is 1.87 bits per heavy atom. The fourth-order valence-electron chi connectivity index (χ4n) is 3.11. The van der Waals surface area contributed by atoms with Crippen LogP contribution >= 0.6 is 0 Å². The molecule has 23 heavy (non-hydrogen) atoms. The minimum Gasteiger partial charge on any atom is -0.380 e. The van der Waals surface area contributed by atoms with E-state index in [-0.39, 0.29) is 11.7 Å². The Kier molecular flexibility index (Phi) is 4.44. The molecule has 2 aromatic carbocycles. The maximum Gasteiger partial charge on any atom is 0.235 e. The van der Waals surface area contributed by atoms with Crippen LogP contribution < -0.4 is 5.32 Å². The molecule has 3 rings (SSSR count). The van der Waals surface area contributed by atoms with Crippen LogP contribution in [0.3, 0.4) is 0 Å². The summed E-state index contributed by atoms with van der Waals surface area (Å²) in [5.41, 5.74) is 2.05. The van der Waals surface area contributed by atoms with Gasteiger partial charge in [0.2, 0.25) is 5.91 Å². The highest BCUT2D eigenvalue weighted by Crippen LogP contribution is 2.44. The van der Waals surface area contributed by atoms with Gasteiger partial charge in [0.05, 0.1) is 12.0 Å². The molecule has 1 fully saturated rings. The van der Waals surface area contributed by atoms with Gasteiger partial charge in [-0.1, -0.05) is 36.8 Å². The second-order valence-corrected chi connectivity index (χ2v) is 5.99. The number of methoxy groups -OCH3 is 1. The number of benzene rings is 2. The topological polar surface area (TPSA) is 38.3 Å². The van der Waals surface area contributed by atoms with Crippen LogP contribution in [0.25, 0.3) is 0 Å². The van der Waals surface area contributed by atoms with E-state index < -0.39 is 5.41 Å². The molecule has 120 valence electrons. The maximum atomic E-state index is 13.2. The van der Waals surface area contributed by atoms with Crippen molar-refractivity contribution in [3.63, 3.8) is 0 Å². The van der Waals surface area contributed by atoms with E-state index in [1.54, 1.807) is 19.2 Å². The Bertz CT molecular complexity index is 693. The minimum absolute atomic E-state index is 0.0288. The average molecular weight is 313 g/mol. The molecule has 0 unspecified atom stereocenters. The molecule has 3 nitrogen and oxygen atoms in total. The van der Waals surface area contributed by atoms with Crippen molar-refractivity contribution in [1.29, 1.82) is 0 Å². The lowest BCUT2D eigenvalue weighted by atomic mass is 9.63. The van der Waals surface area contributed by atoms with E-state index in [9.17, 15) is 9.18 Å². The molecule has 0 spiro atoms. The second kappa shape index (κ2) is 6.50. The molecule has 0 radical (unpaired) electrons. The number of amides is 1.